The Labute approximate surface area is 164 Å². The molecule has 1 aromatic carbocycles. The fourth-order valence-corrected chi connectivity index (χ4v) is 2.91. The molecule has 0 spiro atoms. The summed E-state index contributed by atoms with van der Waals surface area (Å²) in [7, 11) is 0. The van der Waals surface area contributed by atoms with Crippen molar-refractivity contribution in [1.82, 2.24) is 9.78 Å². The maximum atomic E-state index is 12.9. The lowest BCUT2D eigenvalue weighted by Crippen LogP contribution is -2.09. The number of aryl methyl sites for hydroxylation is 2. The minimum Gasteiger partial charge on any atom is -0.461 e. The van der Waals surface area contributed by atoms with Crippen LogP contribution in [0.25, 0.3) is 11.3 Å². The Morgan fingerprint density at radius 3 is 2.48 bits per heavy atom. The molecule has 0 saturated heterocycles. The fourth-order valence-electron chi connectivity index (χ4n) is 2.91. The molecule has 0 bridgehead atoms. The zero-order valence-corrected chi connectivity index (χ0v) is 16.1. The molecule has 29 heavy (non-hydrogen) atoms. The SMILES string of the molecule is CCOC(=O)c1nn(CC)c(-c2ccc(CCC(F)(F)F)cc2OC(F)F)c1C. The molecule has 0 fully saturated rings. The summed E-state index contributed by atoms with van der Waals surface area (Å²) in [5.41, 5.74) is 1.19. The Bertz CT molecular complexity index is 862. The summed E-state index contributed by atoms with van der Waals surface area (Å²) in [5.74, 6) is -0.940. The topological polar surface area (TPSA) is 53.3 Å². The van der Waals surface area contributed by atoms with Crippen molar-refractivity contribution < 1.29 is 36.2 Å². The first kappa shape index (κ1) is 22.6. The van der Waals surface area contributed by atoms with Crippen LogP contribution >= 0.6 is 0 Å². The molecule has 0 aliphatic heterocycles. The van der Waals surface area contributed by atoms with Crippen LogP contribution in [-0.2, 0) is 17.7 Å². The van der Waals surface area contributed by atoms with E-state index < -0.39 is 25.2 Å². The van der Waals surface area contributed by atoms with Gasteiger partial charge in [-0.15, -0.1) is 0 Å². The lowest BCUT2D eigenvalue weighted by molar-refractivity contribution is -0.134. The number of hydrogen-bond donors (Lipinski definition) is 0. The van der Waals surface area contributed by atoms with Crippen molar-refractivity contribution in [2.45, 2.75) is 52.9 Å². The van der Waals surface area contributed by atoms with E-state index in [4.69, 9.17) is 4.74 Å². The van der Waals surface area contributed by atoms with Crippen LogP contribution in [0.4, 0.5) is 22.0 Å². The molecule has 0 saturated carbocycles. The van der Waals surface area contributed by atoms with Crippen LogP contribution in [-0.4, -0.2) is 35.1 Å². The number of hydrogen-bond acceptors (Lipinski definition) is 4. The summed E-state index contributed by atoms with van der Waals surface area (Å²) >= 11 is 0. The molecule has 0 atom stereocenters. The Balaban J connectivity index is 2.53. The molecule has 2 aromatic rings. The zero-order chi connectivity index (χ0) is 21.8. The highest BCUT2D eigenvalue weighted by atomic mass is 19.4. The predicted octanol–water partition coefficient (Wildman–Crippen LogP) is 5.15. The van der Waals surface area contributed by atoms with E-state index in [1.807, 2.05) is 0 Å². The number of nitrogens with zero attached hydrogens (tertiary/aromatic N) is 2. The van der Waals surface area contributed by atoms with Gasteiger partial charge in [0.15, 0.2) is 5.69 Å². The van der Waals surface area contributed by atoms with Crippen LogP contribution in [0.2, 0.25) is 0 Å². The van der Waals surface area contributed by atoms with Crippen molar-refractivity contribution in [2.75, 3.05) is 6.61 Å². The zero-order valence-electron chi connectivity index (χ0n) is 16.1. The highest BCUT2D eigenvalue weighted by molar-refractivity contribution is 5.91. The molecule has 0 aliphatic rings. The van der Waals surface area contributed by atoms with Gasteiger partial charge in [-0.25, -0.2) is 4.79 Å². The van der Waals surface area contributed by atoms with Crippen molar-refractivity contribution in [3.05, 3.63) is 35.0 Å². The van der Waals surface area contributed by atoms with Gasteiger partial charge in [0.25, 0.3) is 0 Å². The van der Waals surface area contributed by atoms with Gasteiger partial charge in [0.05, 0.1) is 12.3 Å². The van der Waals surface area contributed by atoms with Crippen LogP contribution in [0.5, 0.6) is 5.75 Å². The normalized spacial score (nSPS) is 11.8. The smallest absolute Gasteiger partial charge is 0.389 e. The predicted molar refractivity (Wildman–Crippen MR) is 95.0 cm³/mol. The maximum absolute atomic E-state index is 12.9. The van der Waals surface area contributed by atoms with Gasteiger partial charge < -0.3 is 9.47 Å². The molecule has 0 N–H and O–H groups in total. The van der Waals surface area contributed by atoms with Gasteiger partial charge in [0, 0.05) is 24.1 Å². The van der Waals surface area contributed by atoms with Gasteiger partial charge in [-0.3, -0.25) is 4.68 Å². The number of ether oxygens (including phenoxy) is 2. The first-order valence-corrected chi connectivity index (χ1v) is 8.96. The summed E-state index contributed by atoms with van der Waals surface area (Å²) in [4.78, 5) is 12.1. The summed E-state index contributed by atoms with van der Waals surface area (Å²) in [6.07, 6.45) is -5.82. The average Bonchev–Trinajstić information content (AvgIpc) is 2.96. The third-order valence-electron chi connectivity index (χ3n) is 4.17. The molecule has 1 aromatic heterocycles. The molecule has 0 amide bonds. The van der Waals surface area contributed by atoms with Gasteiger partial charge in [-0.2, -0.15) is 27.1 Å². The fraction of sp³-hybridized carbons (Fsp3) is 0.474. The van der Waals surface area contributed by atoms with Crippen molar-refractivity contribution in [2.24, 2.45) is 0 Å². The van der Waals surface area contributed by atoms with Crippen LogP contribution in [0.1, 0.15) is 41.9 Å². The van der Waals surface area contributed by atoms with Crippen LogP contribution in [0.15, 0.2) is 18.2 Å². The van der Waals surface area contributed by atoms with E-state index >= 15 is 0 Å². The molecular formula is C19H21F5N2O3. The molecule has 2 rings (SSSR count). The van der Waals surface area contributed by atoms with Crippen molar-refractivity contribution in [1.29, 1.82) is 0 Å². The summed E-state index contributed by atoms with van der Waals surface area (Å²) in [6.45, 7) is 2.26. The highest BCUT2D eigenvalue weighted by Gasteiger charge is 2.28. The van der Waals surface area contributed by atoms with E-state index in [0.29, 0.717) is 17.8 Å². The maximum Gasteiger partial charge on any atom is 0.389 e. The average molecular weight is 420 g/mol. The van der Waals surface area contributed by atoms with Crippen LogP contribution in [0, 0.1) is 6.92 Å². The molecule has 10 heteroatoms. The van der Waals surface area contributed by atoms with E-state index in [0.717, 1.165) is 6.07 Å². The molecular weight excluding hydrogens is 399 g/mol. The number of rotatable bonds is 8. The van der Waals surface area contributed by atoms with Gasteiger partial charge in [0.1, 0.15) is 5.75 Å². The van der Waals surface area contributed by atoms with Gasteiger partial charge in [-0.1, -0.05) is 6.07 Å². The van der Waals surface area contributed by atoms with E-state index in [-0.39, 0.29) is 35.6 Å². The van der Waals surface area contributed by atoms with E-state index in [9.17, 15) is 26.7 Å². The second-order valence-electron chi connectivity index (χ2n) is 6.18. The number of benzene rings is 1. The van der Waals surface area contributed by atoms with Gasteiger partial charge in [0.2, 0.25) is 0 Å². The van der Waals surface area contributed by atoms with Crippen molar-refractivity contribution in [3.8, 4) is 17.0 Å². The second kappa shape index (κ2) is 9.23. The van der Waals surface area contributed by atoms with Gasteiger partial charge >= 0.3 is 18.8 Å². The minimum absolute atomic E-state index is 0.0350. The van der Waals surface area contributed by atoms with E-state index in [1.165, 1.54) is 16.8 Å². The number of aromatic nitrogens is 2. The quantitative estimate of drug-likeness (QED) is 0.438. The Morgan fingerprint density at radius 1 is 1.24 bits per heavy atom. The standard InChI is InChI=1S/C19H21F5N2O3/c1-4-26-16(11(3)15(25-26)17(27)28-5-2)13-7-6-12(8-9-19(22,23)24)10-14(13)29-18(20)21/h6-7,10,18H,4-5,8-9H2,1-3H3. The molecule has 0 aliphatic carbocycles. The van der Waals surface area contributed by atoms with Crippen LogP contribution < -0.4 is 4.74 Å². The molecule has 160 valence electrons. The molecule has 5 nitrogen and oxygen atoms in total. The second-order valence-corrected chi connectivity index (χ2v) is 6.18. The third kappa shape index (κ3) is 5.68. The summed E-state index contributed by atoms with van der Waals surface area (Å²) in [5, 5.41) is 4.18. The van der Waals surface area contributed by atoms with E-state index in [1.54, 1.807) is 20.8 Å². The lowest BCUT2D eigenvalue weighted by atomic mass is 10.0. The number of esters is 1. The van der Waals surface area contributed by atoms with Crippen molar-refractivity contribution >= 4 is 5.97 Å². The van der Waals surface area contributed by atoms with E-state index in [2.05, 4.69) is 9.84 Å². The Morgan fingerprint density at radius 2 is 1.93 bits per heavy atom. The number of carbonyl (C=O) groups excluding carboxylic acids is 1. The number of halogens is 5. The Hall–Kier alpha value is -2.65. The first-order valence-electron chi connectivity index (χ1n) is 8.96. The third-order valence-corrected chi connectivity index (χ3v) is 4.17. The van der Waals surface area contributed by atoms with Crippen molar-refractivity contribution in [3.63, 3.8) is 0 Å². The number of carbonyl (C=O) groups is 1. The Kier molecular flexibility index (Phi) is 7.21. The highest BCUT2D eigenvalue weighted by Crippen LogP contribution is 2.36. The molecule has 0 radical (unpaired) electrons. The minimum atomic E-state index is -4.37. The monoisotopic (exact) mass is 420 g/mol. The number of alkyl halides is 5. The summed E-state index contributed by atoms with van der Waals surface area (Å²) in [6, 6.07) is 3.97. The largest absolute Gasteiger partial charge is 0.461 e. The van der Waals surface area contributed by atoms with Crippen LogP contribution in [0.3, 0.4) is 0 Å². The lowest BCUT2D eigenvalue weighted by Gasteiger charge is -2.15. The summed E-state index contributed by atoms with van der Waals surface area (Å²) < 4.78 is 74.3. The molecule has 1 heterocycles. The first-order chi connectivity index (χ1) is 13.6. The molecule has 0 unspecified atom stereocenters. The van der Waals surface area contributed by atoms with Gasteiger partial charge in [-0.05, 0) is 44.9 Å².